The number of aromatic nitrogens is 5. The van der Waals surface area contributed by atoms with Crippen molar-refractivity contribution in [1.29, 1.82) is 0 Å². The van der Waals surface area contributed by atoms with E-state index in [1.165, 1.54) is 18.4 Å². The van der Waals surface area contributed by atoms with Crippen LogP contribution in [0, 0.1) is 0 Å². The molecule has 0 aliphatic carbocycles. The van der Waals surface area contributed by atoms with Gasteiger partial charge >= 0.3 is 0 Å². The van der Waals surface area contributed by atoms with Gasteiger partial charge in [0.1, 0.15) is 23.6 Å². The van der Waals surface area contributed by atoms with Crippen molar-refractivity contribution in [2.75, 3.05) is 24.1 Å². The average Bonchev–Trinajstić information content (AvgIpc) is 3.23. The van der Waals surface area contributed by atoms with Gasteiger partial charge in [-0.3, -0.25) is 4.98 Å². The molecule has 4 aromatic heterocycles. The summed E-state index contributed by atoms with van der Waals surface area (Å²) in [6, 6.07) is 8.13. The number of rotatable bonds is 5. The fourth-order valence-electron chi connectivity index (χ4n) is 4.12. The third-order valence-corrected chi connectivity index (χ3v) is 5.65. The molecule has 1 aliphatic heterocycles. The maximum atomic E-state index is 5.88. The van der Waals surface area contributed by atoms with Gasteiger partial charge in [-0.25, -0.2) is 15.0 Å². The lowest BCUT2D eigenvalue weighted by Gasteiger charge is -2.23. The quantitative estimate of drug-likeness (QED) is 0.407. The number of nitrogens with one attached hydrogen (secondary N) is 3. The molecule has 1 saturated heterocycles. The second-order valence-corrected chi connectivity index (χ2v) is 7.58. The van der Waals surface area contributed by atoms with Crippen LogP contribution in [0.4, 0.5) is 11.6 Å². The van der Waals surface area contributed by atoms with Crippen LogP contribution in [-0.4, -0.2) is 38.0 Å². The molecule has 8 heteroatoms. The lowest BCUT2D eigenvalue weighted by atomic mass is 9.90. The van der Waals surface area contributed by atoms with Crippen molar-refractivity contribution in [2.24, 2.45) is 0 Å². The monoisotopic (exact) mass is 400 g/mol. The Morgan fingerprint density at radius 2 is 1.90 bits per heavy atom. The number of anilines is 2. The van der Waals surface area contributed by atoms with Crippen LogP contribution >= 0.6 is 0 Å². The van der Waals surface area contributed by atoms with E-state index in [0.717, 1.165) is 46.8 Å². The Hall–Kier alpha value is -3.52. The summed E-state index contributed by atoms with van der Waals surface area (Å²) in [4.78, 5) is 20.7. The molecule has 0 saturated carbocycles. The Morgan fingerprint density at radius 3 is 2.77 bits per heavy atom. The minimum atomic E-state index is 0.479. The first kappa shape index (κ1) is 18.5. The summed E-state index contributed by atoms with van der Waals surface area (Å²) in [6.07, 6.45) is 9.44. The summed E-state index contributed by atoms with van der Waals surface area (Å²) in [5.41, 5.74) is 11.0. The highest BCUT2D eigenvalue weighted by Gasteiger charge is 2.16. The molecule has 0 spiro atoms. The molecule has 8 nitrogen and oxygen atoms in total. The van der Waals surface area contributed by atoms with Crippen LogP contribution in [-0.2, 0) is 6.54 Å². The molecule has 0 bridgehead atoms. The zero-order valence-corrected chi connectivity index (χ0v) is 16.6. The number of piperidine rings is 1. The Morgan fingerprint density at radius 1 is 1.03 bits per heavy atom. The van der Waals surface area contributed by atoms with Gasteiger partial charge in [-0.05, 0) is 67.2 Å². The summed E-state index contributed by atoms with van der Waals surface area (Å²) in [5, 5.41) is 7.81. The Labute approximate surface area is 174 Å². The van der Waals surface area contributed by atoms with Gasteiger partial charge in [-0.1, -0.05) is 0 Å². The molecule has 0 unspecified atom stereocenters. The number of aromatic amines is 1. The number of hydrogen-bond donors (Lipinski definition) is 4. The summed E-state index contributed by atoms with van der Waals surface area (Å²) in [6.45, 7) is 2.75. The van der Waals surface area contributed by atoms with Crippen LogP contribution in [0.25, 0.3) is 22.2 Å². The first-order valence-corrected chi connectivity index (χ1v) is 10.2. The van der Waals surface area contributed by atoms with E-state index in [2.05, 4.69) is 47.7 Å². The van der Waals surface area contributed by atoms with Gasteiger partial charge in [-0.2, -0.15) is 0 Å². The molecular formula is C22H24N8. The third kappa shape index (κ3) is 3.69. The third-order valence-electron chi connectivity index (χ3n) is 5.65. The molecule has 1 fully saturated rings. The van der Waals surface area contributed by atoms with Crippen LogP contribution < -0.4 is 16.4 Å². The van der Waals surface area contributed by atoms with Crippen molar-refractivity contribution in [3.05, 3.63) is 60.4 Å². The molecule has 5 N–H and O–H groups in total. The van der Waals surface area contributed by atoms with Crippen LogP contribution in [0.3, 0.4) is 0 Å². The minimum absolute atomic E-state index is 0.479. The number of hydrogen-bond acceptors (Lipinski definition) is 7. The van der Waals surface area contributed by atoms with Gasteiger partial charge < -0.3 is 21.4 Å². The average molecular weight is 400 g/mol. The molecule has 5 heterocycles. The van der Waals surface area contributed by atoms with E-state index < -0.39 is 0 Å². The minimum Gasteiger partial charge on any atom is -0.384 e. The van der Waals surface area contributed by atoms with Gasteiger partial charge in [0, 0.05) is 24.2 Å². The van der Waals surface area contributed by atoms with Crippen molar-refractivity contribution < 1.29 is 0 Å². The van der Waals surface area contributed by atoms with E-state index in [-0.39, 0.29) is 0 Å². The highest BCUT2D eigenvalue weighted by atomic mass is 15.0. The van der Waals surface area contributed by atoms with Crippen molar-refractivity contribution >= 4 is 22.7 Å². The predicted molar refractivity (Wildman–Crippen MR) is 118 cm³/mol. The second-order valence-electron chi connectivity index (χ2n) is 7.58. The van der Waals surface area contributed by atoms with E-state index >= 15 is 0 Å². The maximum Gasteiger partial charge on any atom is 0.143 e. The van der Waals surface area contributed by atoms with Gasteiger partial charge in [0.2, 0.25) is 0 Å². The maximum absolute atomic E-state index is 5.88. The molecule has 4 aromatic rings. The lowest BCUT2D eigenvalue weighted by molar-refractivity contribution is 0.460. The molecule has 0 atom stereocenters. The number of nitrogens with zero attached hydrogens (tertiary/aromatic N) is 4. The fourth-order valence-corrected chi connectivity index (χ4v) is 4.12. The number of pyridine rings is 2. The summed E-state index contributed by atoms with van der Waals surface area (Å²) < 4.78 is 0. The molecule has 152 valence electrons. The number of nitrogen functional groups attached to an aromatic ring is 1. The van der Waals surface area contributed by atoms with Crippen molar-refractivity contribution in [1.82, 2.24) is 30.2 Å². The standard InChI is InChI=1S/C22H24N8/c23-19-10-16(4-8-26-19)18-12-28-22-20(18)21(29-13-30-22)27-11-17-9-15(3-7-25-17)14-1-5-24-6-2-14/h3-4,7-10,12-14,24H,1-2,5-6,11H2,(H2,23,26)(H2,27,28,29,30). The van der Waals surface area contributed by atoms with Gasteiger partial charge in [0.25, 0.3) is 0 Å². The van der Waals surface area contributed by atoms with Crippen molar-refractivity contribution in [2.45, 2.75) is 25.3 Å². The predicted octanol–water partition coefficient (Wildman–Crippen LogP) is 3.08. The molecule has 1 aliphatic rings. The van der Waals surface area contributed by atoms with Crippen LogP contribution in [0.5, 0.6) is 0 Å². The van der Waals surface area contributed by atoms with Crippen LogP contribution in [0.15, 0.2) is 49.2 Å². The Kier molecular flexibility index (Phi) is 4.98. The lowest BCUT2D eigenvalue weighted by Crippen LogP contribution is -2.26. The first-order chi connectivity index (χ1) is 14.8. The van der Waals surface area contributed by atoms with E-state index in [4.69, 9.17) is 5.73 Å². The highest BCUT2D eigenvalue weighted by Crippen LogP contribution is 2.32. The first-order valence-electron chi connectivity index (χ1n) is 10.2. The van der Waals surface area contributed by atoms with Gasteiger partial charge in [0.05, 0.1) is 17.6 Å². The largest absolute Gasteiger partial charge is 0.384 e. The van der Waals surface area contributed by atoms with Crippen LogP contribution in [0.1, 0.15) is 30.0 Å². The zero-order valence-electron chi connectivity index (χ0n) is 16.6. The van der Waals surface area contributed by atoms with Gasteiger partial charge in [-0.15, -0.1) is 0 Å². The number of fused-ring (bicyclic) bond motifs is 1. The molecule has 5 rings (SSSR count). The number of nitrogens with two attached hydrogens (primary N) is 1. The molecule has 0 radical (unpaired) electrons. The molecule has 0 amide bonds. The van der Waals surface area contributed by atoms with Crippen LogP contribution in [0.2, 0.25) is 0 Å². The SMILES string of the molecule is Nc1cc(-c2c[nH]c3ncnc(NCc4cc(C5CCNCC5)ccn4)c23)ccn1. The van der Waals surface area contributed by atoms with E-state index in [0.29, 0.717) is 18.3 Å². The molecule has 0 aromatic carbocycles. The summed E-state index contributed by atoms with van der Waals surface area (Å²) in [7, 11) is 0. The van der Waals surface area contributed by atoms with E-state index in [1.807, 2.05) is 24.5 Å². The summed E-state index contributed by atoms with van der Waals surface area (Å²) >= 11 is 0. The van der Waals surface area contributed by atoms with Crippen molar-refractivity contribution in [3.63, 3.8) is 0 Å². The Balaban J connectivity index is 1.42. The second kappa shape index (κ2) is 8.08. The molecule has 30 heavy (non-hydrogen) atoms. The van der Waals surface area contributed by atoms with E-state index in [9.17, 15) is 0 Å². The van der Waals surface area contributed by atoms with Gasteiger partial charge in [0.15, 0.2) is 0 Å². The number of H-pyrrole nitrogens is 1. The normalized spacial score (nSPS) is 14.8. The zero-order chi connectivity index (χ0) is 20.3. The topological polar surface area (TPSA) is 117 Å². The summed E-state index contributed by atoms with van der Waals surface area (Å²) in [5.74, 6) is 1.85. The van der Waals surface area contributed by atoms with E-state index in [1.54, 1.807) is 12.5 Å². The highest BCUT2D eigenvalue weighted by molar-refractivity contribution is 6.01. The van der Waals surface area contributed by atoms with Crippen molar-refractivity contribution in [3.8, 4) is 11.1 Å². The Bertz CT molecular complexity index is 1160. The smallest absolute Gasteiger partial charge is 0.143 e. The fraction of sp³-hybridized carbons (Fsp3) is 0.273. The molecular weight excluding hydrogens is 376 g/mol.